The monoisotopic (exact) mass is 303 g/mol. The molecule has 1 aromatic carbocycles. The molecule has 0 fully saturated rings. The molecular weight excluding hydrogens is 294 g/mol. The van der Waals surface area contributed by atoms with Crippen molar-refractivity contribution in [2.75, 3.05) is 5.73 Å². The molecule has 0 aliphatic rings. The van der Waals surface area contributed by atoms with Gasteiger partial charge in [-0.25, -0.2) is 4.68 Å². The van der Waals surface area contributed by atoms with Crippen LogP contribution in [0.15, 0.2) is 57.9 Å². The summed E-state index contributed by atoms with van der Waals surface area (Å²) < 4.78 is 7.76. The molecule has 0 aliphatic heterocycles. The highest BCUT2D eigenvalue weighted by molar-refractivity contribution is 9.10. The minimum atomic E-state index is 0.618. The van der Waals surface area contributed by atoms with Gasteiger partial charge in [0.15, 0.2) is 0 Å². The lowest BCUT2D eigenvalue weighted by molar-refractivity contribution is 0.568. The van der Waals surface area contributed by atoms with Crippen molar-refractivity contribution in [2.24, 2.45) is 0 Å². The predicted molar refractivity (Wildman–Crippen MR) is 73.4 cm³/mol. The van der Waals surface area contributed by atoms with Crippen LogP contribution >= 0.6 is 15.9 Å². The van der Waals surface area contributed by atoms with Crippen molar-refractivity contribution in [2.45, 2.75) is 0 Å². The molecule has 2 heterocycles. The summed E-state index contributed by atoms with van der Waals surface area (Å²) in [6.45, 7) is 0. The maximum absolute atomic E-state index is 5.98. The van der Waals surface area contributed by atoms with E-state index in [9.17, 15) is 0 Å². The molecule has 0 spiro atoms. The van der Waals surface area contributed by atoms with Crippen LogP contribution in [-0.2, 0) is 0 Å². The van der Waals surface area contributed by atoms with Gasteiger partial charge in [-0.2, -0.15) is 5.10 Å². The van der Waals surface area contributed by atoms with Crippen molar-refractivity contribution >= 4 is 21.6 Å². The molecule has 18 heavy (non-hydrogen) atoms. The molecule has 3 rings (SSSR count). The number of nitrogens with zero attached hydrogens (tertiary/aromatic N) is 2. The third-order valence-electron chi connectivity index (χ3n) is 2.64. The Kier molecular flexibility index (Phi) is 2.68. The molecule has 0 unspecified atom stereocenters. The molecule has 0 radical (unpaired) electrons. The number of rotatable bonds is 2. The Morgan fingerprint density at radius 1 is 1.22 bits per heavy atom. The molecule has 2 N–H and O–H groups in total. The summed E-state index contributed by atoms with van der Waals surface area (Å²) in [5, 5.41) is 4.49. The van der Waals surface area contributed by atoms with Gasteiger partial charge < -0.3 is 10.2 Å². The van der Waals surface area contributed by atoms with Crippen molar-refractivity contribution in [1.29, 1.82) is 0 Å². The molecule has 4 nitrogen and oxygen atoms in total. The Morgan fingerprint density at radius 2 is 2.06 bits per heavy atom. The number of halogens is 1. The van der Waals surface area contributed by atoms with E-state index in [2.05, 4.69) is 21.0 Å². The molecule has 90 valence electrons. The summed E-state index contributed by atoms with van der Waals surface area (Å²) >= 11 is 3.50. The van der Waals surface area contributed by atoms with Crippen LogP contribution in [0.25, 0.3) is 16.9 Å². The number of nitrogens with two attached hydrogens (primary N) is 1. The Bertz CT molecular complexity index is 673. The SMILES string of the molecule is Nc1cn(-c2ccccc2Br)nc1-c1ccoc1. The summed E-state index contributed by atoms with van der Waals surface area (Å²) in [7, 11) is 0. The van der Waals surface area contributed by atoms with Crippen molar-refractivity contribution < 1.29 is 4.42 Å². The Hall–Kier alpha value is -2.01. The summed E-state index contributed by atoms with van der Waals surface area (Å²) in [4.78, 5) is 0. The number of furan rings is 1. The van der Waals surface area contributed by atoms with E-state index in [-0.39, 0.29) is 0 Å². The smallest absolute Gasteiger partial charge is 0.119 e. The Labute approximate surface area is 112 Å². The standard InChI is InChI=1S/C13H10BrN3O/c14-10-3-1-2-4-12(10)17-7-11(15)13(16-17)9-5-6-18-8-9/h1-8H,15H2. The maximum Gasteiger partial charge on any atom is 0.119 e. The molecule has 5 heteroatoms. The van der Waals surface area contributed by atoms with Crippen LogP contribution in [-0.4, -0.2) is 9.78 Å². The zero-order valence-electron chi connectivity index (χ0n) is 9.38. The molecule has 0 amide bonds. The topological polar surface area (TPSA) is 57.0 Å². The first-order chi connectivity index (χ1) is 8.75. The number of hydrogen-bond donors (Lipinski definition) is 1. The van der Waals surface area contributed by atoms with Crippen LogP contribution in [0, 0.1) is 0 Å². The van der Waals surface area contributed by atoms with E-state index >= 15 is 0 Å². The van der Waals surface area contributed by atoms with Gasteiger partial charge in [-0.3, -0.25) is 0 Å². The number of anilines is 1. The van der Waals surface area contributed by atoms with E-state index in [4.69, 9.17) is 10.2 Å². The third-order valence-corrected chi connectivity index (χ3v) is 3.31. The Balaban J connectivity index is 2.11. The second-order valence-electron chi connectivity index (χ2n) is 3.84. The fourth-order valence-corrected chi connectivity index (χ4v) is 2.24. The third kappa shape index (κ3) is 1.82. The molecule has 0 aliphatic carbocycles. The van der Waals surface area contributed by atoms with Gasteiger partial charge in [0.05, 0.1) is 30.1 Å². The summed E-state index contributed by atoms with van der Waals surface area (Å²) in [5.41, 5.74) is 9.14. The number of para-hydroxylation sites is 1. The summed E-state index contributed by atoms with van der Waals surface area (Å²) in [5.74, 6) is 0. The summed E-state index contributed by atoms with van der Waals surface area (Å²) in [6, 6.07) is 9.68. The molecule has 3 aromatic rings. The van der Waals surface area contributed by atoms with Crippen molar-refractivity contribution in [1.82, 2.24) is 9.78 Å². The largest absolute Gasteiger partial charge is 0.472 e. The molecular formula is C13H10BrN3O. The predicted octanol–water partition coefficient (Wildman–Crippen LogP) is 3.48. The molecule has 0 saturated carbocycles. The van der Waals surface area contributed by atoms with E-state index in [0.717, 1.165) is 21.4 Å². The van der Waals surface area contributed by atoms with Gasteiger partial charge in [-0.15, -0.1) is 0 Å². The Morgan fingerprint density at radius 3 is 2.78 bits per heavy atom. The second kappa shape index (κ2) is 4.34. The average molecular weight is 304 g/mol. The van der Waals surface area contributed by atoms with Crippen molar-refractivity contribution in [3.05, 3.63) is 53.5 Å². The van der Waals surface area contributed by atoms with E-state index in [1.165, 1.54) is 0 Å². The van der Waals surface area contributed by atoms with Crippen LogP contribution in [0.3, 0.4) is 0 Å². The minimum absolute atomic E-state index is 0.618. The zero-order valence-corrected chi connectivity index (χ0v) is 11.0. The van der Waals surface area contributed by atoms with Gasteiger partial charge in [-0.1, -0.05) is 12.1 Å². The molecule has 0 bridgehead atoms. The highest BCUT2D eigenvalue weighted by Crippen LogP contribution is 2.27. The minimum Gasteiger partial charge on any atom is -0.472 e. The number of nitrogen functional groups attached to an aromatic ring is 1. The van der Waals surface area contributed by atoms with Gasteiger partial charge in [0.25, 0.3) is 0 Å². The quantitative estimate of drug-likeness (QED) is 0.788. The highest BCUT2D eigenvalue weighted by atomic mass is 79.9. The van der Waals surface area contributed by atoms with Crippen LogP contribution < -0.4 is 5.73 Å². The van der Waals surface area contributed by atoms with E-state index in [0.29, 0.717) is 5.69 Å². The number of benzene rings is 1. The van der Waals surface area contributed by atoms with Gasteiger partial charge in [0.2, 0.25) is 0 Å². The lowest BCUT2D eigenvalue weighted by atomic mass is 10.2. The average Bonchev–Trinajstić information content (AvgIpc) is 2.98. The maximum atomic E-state index is 5.98. The molecule has 2 aromatic heterocycles. The van der Waals surface area contributed by atoms with E-state index in [1.807, 2.05) is 30.3 Å². The fourth-order valence-electron chi connectivity index (χ4n) is 1.77. The highest BCUT2D eigenvalue weighted by Gasteiger charge is 2.11. The first kappa shape index (κ1) is 11.1. The fraction of sp³-hybridized carbons (Fsp3) is 0. The lowest BCUT2D eigenvalue weighted by Gasteiger charge is -2.02. The lowest BCUT2D eigenvalue weighted by Crippen LogP contribution is -1.95. The van der Waals surface area contributed by atoms with Gasteiger partial charge in [0, 0.05) is 10.0 Å². The van der Waals surface area contributed by atoms with E-state index in [1.54, 1.807) is 23.4 Å². The van der Waals surface area contributed by atoms with Crippen molar-refractivity contribution in [3.8, 4) is 16.9 Å². The molecule has 0 saturated heterocycles. The number of aromatic nitrogens is 2. The van der Waals surface area contributed by atoms with Crippen molar-refractivity contribution in [3.63, 3.8) is 0 Å². The van der Waals surface area contributed by atoms with Crippen LogP contribution in [0.1, 0.15) is 0 Å². The first-order valence-corrected chi connectivity index (χ1v) is 6.17. The van der Waals surface area contributed by atoms with Crippen LogP contribution in [0.4, 0.5) is 5.69 Å². The molecule has 0 atom stereocenters. The first-order valence-electron chi connectivity index (χ1n) is 5.38. The number of hydrogen-bond acceptors (Lipinski definition) is 3. The van der Waals surface area contributed by atoms with E-state index < -0.39 is 0 Å². The second-order valence-corrected chi connectivity index (χ2v) is 4.70. The van der Waals surface area contributed by atoms with Crippen LogP contribution in [0.2, 0.25) is 0 Å². The summed E-state index contributed by atoms with van der Waals surface area (Å²) in [6.07, 6.45) is 5.03. The van der Waals surface area contributed by atoms with Gasteiger partial charge in [0.1, 0.15) is 5.69 Å². The zero-order chi connectivity index (χ0) is 12.5. The van der Waals surface area contributed by atoms with Crippen LogP contribution in [0.5, 0.6) is 0 Å². The normalized spacial score (nSPS) is 10.7. The van der Waals surface area contributed by atoms with Gasteiger partial charge in [-0.05, 0) is 34.1 Å². The van der Waals surface area contributed by atoms with Gasteiger partial charge >= 0.3 is 0 Å².